The molecule has 0 fully saturated rings. The Bertz CT molecular complexity index is 1340. The minimum atomic E-state index is -3.66. The fourth-order valence-corrected chi connectivity index (χ4v) is 4.16. The molecule has 0 saturated heterocycles. The lowest BCUT2D eigenvalue weighted by Gasteiger charge is -2.05. The average Bonchev–Trinajstić information content (AvgIpc) is 3.12. The van der Waals surface area contributed by atoms with Gasteiger partial charge in [0, 0.05) is 17.9 Å². The van der Waals surface area contributed by atoms with Crippen molar-refractivity contribution in [3.8, 4) is 5.75 Å². The van der Waals surface area contributed by atoms with E-state index in [1.807, 2.05) is 0 Å². The summed E-state index contributed by atoms with van der Waals surface area (Å²) in [7, 11) is -2.32. The standard InChI is InChI=1S/C18H15F2N5O3S/c1-28-15-9-14-12(8-13(15)20)17-23-16(24-25(17)18(21)22-14)6-7-29(26,27)11-4-2-10(19)3-5-11/h2-5,8-9H,6-7H2,1H3,(H2,21,22). The summed E-state index contributed by atoms with van der Waals surface area (Å²) in [6.07, 6.45) is -0.0129. The van der Waals surface area contributed by atoms with Gasteiger partial charge in [-0.25, -0.2) is 27.2 Å². The van der Waals surface area contributed by atoms with Gasteiger partial charge in [-0.3, -0.25) is 0 Å². The molecule has 0 atom stereocenters. The molecule has 0 radical (unpaired) electrons. The van der Waals surface area contributed by atoms with Gasteiger partial charge in [-0.2, -0.15) is 4.52 Å². The number of nitrogens with zero attached hydrogens (tertiary/aromatic N) is 4. The smallest absolute Gasteiger partial charge is 0.223 e. The molecule has 0 bridgehead atoms. The monoisotopic (exact) mass is 419 g/mol. The predicted molar refractivity (Wildman–Crippen MR) is 101 cm³/mol. The molecule has 29 heavy (non-hydrogen) atoms. The summed E-state index contributed by atoms with van der Waals surface area (Å²) in [5, 5.41) is 4.54. The number of anilines is 1. The number of methoxy groups -OCH3 is 1. The van der Waals surface area contributed by atoms with Crippen molar-refractivity contribution in [2.75, 3.05) is 18.6 Å². The molecule has 4 aromatic rings. The van der Waals surface area contributed by atoms with Crippen LogP contribution < -0.4 is 10.5 Å². The van der Waals surface area contributed by atoms with E-state index in [0.29, 0.717) is 10.9 Å². The molecule has 11 heteroatoms. The zero-order valence-corrected chi connectivity index (χ0v) is 15.9. The normalized spacial score (nSPS) is 12.0. The van der Waals surface area contributed by atoms with Crippen LogP contribution in [0.25, 0.3) is 16.6 Å². The molecule has 4 rings (SSSR count). The molecule has 2 N–H and O–H groups in total. The van der Waals surface area contributed by atoms with Crippen LogP contribution >= 0.6 is 0 Å². The number of hydrogen-bond acceptors (Lipinski definition) is 7. The van der Waals surface area contributed by atoms with E-state index < -0.39 is 21.5 Å². The summed E-state index contributed by atoms with van der Waals surface area (Å²) in [4.78, 5) is 8.48. The number of aromatic nitrogens is 4. The third-order valence-corrected chi connectivity index (χ3v) is 6.11. The number of ether oxygens (including phenoxy) is 1. The van der Waals surface area contributed by atoms with Crippen LogP contribution in [0.2, 0.25) is 0 Å². The first-order chi connectivity index (χ1) is 13.8. The van der Waals surface area contributed by atoms with E-state index >= 15 is 0 Å². The number of halogens is 2. The Labute approximate surface area is 163 Å². The summed E-state index contributed by atoms with van der Waals surface area (Å²) in [5.41, 5.74) is 6.53. The number of benzene rings is 2. The lowest BCUT2D eigenvalue weighted by atomic mass is 10.2. The second-order valence-corrected chi connectivity index (χ2v) is 8.37. The highest BCUT2D eigenvalue weighted by Crippen LogP contribution is 2.27. The predicted octanol–water partition coefficient (Wildman–Crippen LogP) is 2.16. The first-order valence-corrected chi connectivity index (χ1v) is 10.1. The molecular weight excluding hydrogens is 404 g/mol. The van der Waals surface area contributed by atoms with Crippen molar-refractivity contribution in [3.05, 3.63) is 53.9 Å². The summed E-state index contributed by atoms with van der Waals surface area (Å²) in [5.74, 6) is -1.18. The summed E-state index contributed by atoms with van der Waals surface area (Å²) in [6, 6.07) is 7.17. The topological polar surface area (TPSA) is 112 Å². The molecule has 0 spiro atoms. The molecule has 150 valence electrons. The van der Waals surface area contributed by atoms with Crippen LogP contribution in [0.15, 0.2) is 41.3 Å². The van der Waals surface area contributed by atoms with Crippen molar-refractivity contribution < 1.29 is 21.9 Å². The molecule has 0 aliphatic heterocycles. The van der Waals surface area contributed by atoms with Crippen LogP contribution in [0.1, 0.15) is 5.82 Å². The van der Waals surface area contributed by atoms with E-state index in [0.717, 1.165) is 12.1 Å². The molecule has 8 nitrogen and oxygen atoms in total. The van der Waals surface area contributed by atoms with Crippen LogP contribution in [0.4, 0.5) is 14.7 Å². The zero-order valence-electron chi connectivity index (χ0n) is 15.1. The van der Waals surface area contributed by atoms with Crippen molar-refractivity contribution in [3.63, 3.8) is 0 Å². The van der Waals surface area contributed by atoms with Gasteiger partial charge in [0.15, 0.2) is 32.9 Å². The number of sulfone groups is 1. The molecule has 0 aliphatic carbocycles. The molecule has 2 heterocycles. The quantitative estimate of drug-likeness (QED) is 0.493. The number of aryl methyl sites for hydroxylation is 1. The van der Waals surface area contributed by atoms with Gasteiger partial charge in [0.05, 0.1) is 23.3 Å². The van der Waals surface area contributed by atoms with Gasteiger partial charge in [-0.15, -0.1) is 5.10 Å². The van der Waals surface area contributed by atoms with Crippen LogP contribution in [0.5, 0.6) is 5.75 Å². The maximum absolute atomic E-state index is 14.1. The second kappa shape index (κ2) is 6.92. The highest BCUT2D eigenvalue weighted by molar-refractivity contribution is 7.91. The number of nitrogen functional groups attached to an aromatic ring is 1. The Hall–Kier alpha value is -3.34. The Kier molecular flexibility index (Phi) is 4.53. The lowest BCUT2D eigenvalue weighted by Crippen LogP contribution is -2.10. The van der Waals surface area contributed by atoms with Crippen molar-refractivity contribution in [1.29, 1.82) is 0 Å². The number of rotatable bonds is 5. The van der Waals surface area contributed by atoms with Gasteiger partial charge in [-0.1, -0.05) is 0 Å². The maximum Gasteiger partial charge on any atom is 0.223 e. The maximum atomic E-state index is 14.1. The fraction of sp³-hybridized carbons (Fsp3) is 0.167. The second-order valence-electron chi connectivity index (χ2n) is 6.26. The Balaban J connectivity index is 1.70. The lowest BCUT2D eigenvalue weighted by molar-refractivity contribution is 0.387. The van der Waals surface area contributed by atoms with Crippen LogP contribution in [-0.2, 0) is 16.3 Å². The Morgan fingerprint density at radius 3 is 2.55 bits per heavy atom. The highest BCUT2D eigenvalue weighted by atomic mass is 32.2. The van der Waals surface area contributed by atoms with E-state index in [1.165, 1.54) is 35.9 Å². The van der Waals surface area contributed by atoms with E-state index in [9.17, 15) is 17.2 Å². The van der Waals surface area contributed by atoms with Crippen molar-refractivity contribution >= 4 is 32.3 Å². The van der Waals surface area contributed by atoms with Gasteiger partial charge in [-0.05, 0) is 30.3 Å². The number of hydrogen-bond donors (Lipinski definition) is 1. The molecule has 0 aliphatic rings. The van der Waals surface area contributed by atoms with Crippen LogP contribution in [0, 0.1) is 11.6 Å². The molecule has 2 aromatic heterocycles. The minimum absolute atomic E-state index is 0.00320. The fourth-order valence-electron chi connectivity index (χ4n) is 2.92. The van der Waals surface area contributed by atoms with E-state index in [1.54, 1.807) is 0 Å². The molecule has 0 unspecified atom stereocenters. The first-order valence-electron chi connectivity index (χ1n) is 8.45. The van der Waals surface area contributed by atoms with Gasteiger partial charge in [0.1, 0.15) is 5.82 Å². The Morgan fingerprint density at radius 1 is 1.14 bits per heavy atom. The first kappa shape index (κ1) is 19.0. The van der Waals surface area contributed by atoms with Crippen molar-refractivity contribution in [2.45, 2.75) is 11.3 Å². The SMILES string of the molecule is COc1cc2nc(N)n3nc(CCS(=O)(=O)c4ccc(F)cc4)nc3c2cc1F. The van der Waals surface area contributed by atoms with E-state index in [2.05, 4.69) is 15.1 Å². The third kappa shape index (κ3) is 3.44. The Morgan fingerprint density at radius 2 is 1.86 bits per heavy atom. The molecule has 2 aromatic carbocycles. The number of nitrogens with two attached hydrogens (primary N) is 1. The van der Waals surface area contributed by atoms with Gasteiger partial charge >= 0.3 is 0 Å². The van der Waals surface area contributed by atoms with Crippen molar-refractivity contribution in [1.82, 2.24) is 19.6 Å². The van der Waals surface area contributed by atoms with Crippen molar-refractivity contribution in [2.24, 2.45) is 0 Å². The minimum Gasteiger partial charge on any atom is -0.494 e. The van der Waals surface area contributed by atoms with Gasteiger partial charge < -0.3 is 10.5 Å². The largest absolute Gasteiger partial charge is 0.494 e. The van der Waals surface area contributed by atoms with Crippen LogP contribution in [-0.4, -0.2) is 40.9 Å². The molecule has 0 amide bonds. The van der Waals surface area contributed by atoms with E-state index in [-0.39, 0.29) is 40.2 Å². The average molecular weight is 419 g/mol. The van der Waals surface area contributed by atoms with Gasteiger partial charge in [0.25, 0.3) is 0 Å². The summed E-state index contributed by atoms with van der Waals surface area (Å²) < 4.78 is 58.2. The zero-order chi connectivity index (χ0) is 20.8. The van der Waals surface area contributed by atoms with E-state index in [4.69, 9.17) is 10.5 Å². The molecular formula is C18H15F2N5O3S. The van der Waals surface area contributed by atoms with Gasteiger partial charge in [0.2, 0.25) is 5.95 Å². The highest BCUT2D eigenvalue weighted by Gasteiger charge is 2.19. The summed E-state index contributed by atoms with van der Waals surface area (Å²) >= 11 is 0. The van der Waals surface area contributed by atoms with Crippen LogP contribution in [0.3, 0.4) is 0 Å². The summed E-state index contributed by atoms with van der Waals surface area (Å²) in [6.45, 7) is 0. The number of fused-ring (bicyclic) bond motifs is 3. The molecule has 0 saturated carbocycles. The third-order valence-electron chi connectivity index (χ3n) is 4.38.